The van der Waals surface area contributed by atoms with Crippen molar-refractivity contribution >= 4 is 27.8 Å². The Bertz CT molecular complexity index is 1280. The molecule has 4 N–H and O–H groups in total. The Morgan fingerprint density at radius 3 is 2.69 bits per heavy atom. The van der Waals surface area contributed by atoms with Gasteiger partial charge in [0.25, 0.3) is 0 Å². The van der Waals surface area contributed by atoms with Gasteiger partial charge in [-0.25, -0.2) is 4.98 Å². The molecule has 0 atom stereocenters. The summed E-state index contributed by atoms with van der Waals surface area (Å²) in [4.78, 5) is 9.12. The number of aryl methyl sites for hydroxylation is 1. The highest BCUT2D eigenvalue weighted by Crippen LogP contribution is 2.38. The van der Waals surface area contributed by atoms with Crippen molar-refractivity contribution in [2.24, 2.45) is 5.73 Å². The summed E-state index contributed by atoms with van der Waals surface area (Å²) in [7, 11) is 1.60. The Kier molecular flexibility index (Phi) is 6.21. The zero-order chi connectivity index (χ0) is 22.5. The molecule has 0 saturated heterocycles. The third-order valence-electron chi connectivity index (χ3n) is 4.97. The molecule has 8 nitrogen and oxygen atoms in total. The SMILES string of the molecule is COc1cc2c(Oc3cc4ccccc4nc3C)ccnc2cc1OCCCNC(=N)N. The Morgan fingerprint density at radius 1 is 1.03 bits per heavy atom. The van der Waals surface area contributed by atoms with Gasteiger partial charge in [-0.05, 0) is 37.6 Å². The van der Waals surface area contributed by atoms with E-state index in [0.29, 0.717) is 42.6 Å². The van der Waals surface area contributed by atoms with Crippen molar-refractivity contribution in [3.63, 3.8) is 0 Å². The van der Waals surface area contributed by atoms with Crippen LogP contribution >= 0.6 is 0 Å². The molecule has 32 heavy (non-hydrogen) atoms. The first-order chi connectivity index (χ1) is 15.5. The highest BCUT2D eigenvalue weighted by Gasteiger charge is 2.13. The van der Waals surface area contributed by atoms with E-state index in [0.717, 1.165) is 27.5 Å². The summed E-state index contributed by atoms with van der Waals surface area (Å²) in [6.45, 7) is 2.93. The monoisotopic (exact) mass is 431 g/mol. The van der Waals surface area contributed by atoms with Gasteiger partial charge >= 0.3 is 0 Å². The molecule has 2 heterocycles. The van der Waals surface area contributed by atoms with Gasteiger partial charge < -0.3 is 25.3 Å². The third kappa shape index (κ3) is 4.64. The third-order valence-corrected chi connectivity index (χ3v) is 4.97. The molecule has 0 radical (unpaired) electrons. The van der Waals surface area contributed by atoms with E-state index in [1.54, 1.807) is 13.3 Å². The molecule has 0 unspecified atom stereocenters. The second-order valence-electron chi connectivity index (χ2n) is 7.24. The number of fused-ring (bicyclic) bond motifs is 2. The van der Waals surface area contributed by atoms with Gasteiger partial charge in [-0.2, -0.15) is 0 Å². The van der Waals surface area contributed by atoms with Crippen LogP contribution in [0, 0.1) is 12.3 Å². The van der Waals surface area contributed by atoms with Crippen molar-refractivity contribution in [3.8, 4) is 23.0 Å². The number of ether oxygens (including phenoxy) is 3. The summed E-state index contributed by atoms with van der Waals surface area (Å²) >= 11 is 0. The molecule has 0 aliphatic carbocycles. The predicted molar refractivity (Wildman–Crippen MR) is 125 cm³/mol. The van der Waals surface area contributed by atoms with Gasteiger partial charge in [0.2, 0.25) is 0 Å². The molecule has 4 rings (SSSR count). The van der Waals surface area contributed by atoms with Crippen molar-refractivity contribution in [1.82, 2.24) is 15.3 Å². The number of hydrogen-bond acceptors (Lipinski definition) is 6. The molecule has 0 aliphatic rings. The molecule has 0 aliphatic heterocycles. The van der Waals surface area contributed by atoms with E-state index in [4.69, 9.17) is 25.4 Å². The van der Waals surface area contributed by atoms with E-state index in [1.165, 1.54) is 0 Å². The number of nitrogens with one attached hydrogen (secondary N) is 2. The fourth-order valence-electron chi connectivity index (χ4n) is 3.38. The molecule has 2 aromatic carbocycles. The zero-order valence-electron chi connectivity index (χ0n) is 18.0. The van der Waals surface area contributed by atoms with Crippen LogP contribution < -0.4 is 25.3 Å². The molecule has 0 amide bonds. The summed E-state index contributed by atoms with van der Waals surface area (Å²) in [6.07, 6.45) is 2.39. The number of nitrogens with two attached hydrogens (primary N) is 1. The molecule has 0 fully saturated rings. The van der Waals surface area contributed by atoms with E-state index in [2.05, 4.69) is 15.3 Å². The van der Waals surface area contributed by atoms with Crippen molar-refractivity contribution in [3.05, 3.63) is 60.4 Å². The lowest BCUT2D eigenvalue weighted by atomic mass is 10.1. The van der Waals surface area contributed by atoms with Gasteiger partial charge in [0.15, 0.2) is 17.5 Å². The Morgan fingerprint density at radius 2 is 1.88 bits per heavy atom. The molecule has 4 aromatic rings. The maximum atomic E-state index is 7.18. The highest BCUT2D eigenvalue weighted by molar-refractivity contribution is 5.88. The lowest BCUT2D eigenvalue weighted by Gasteiger charge is -2.15. The maximum Gasteiger partial charge on any atom is 0.185 e. The van der Waals surface area contributed by atoms with Crippen molar-refractivity contribution < 1.29 is 14.2 Å². The number of pyridine rings is 2. The number of guanidine groups is 1. The van der Waals surface area contributed by atoms with Crippen LogP contribution in [-0.2, 0) is 0 Å². The van der Waals surface area contributed by atoms with Crippen LogP contribution in [0.5, 0.6) is 23.0 Å². The molecular weight excluding hydrogens is 406 g/mol. The van der Waals surface area contributed by atoms with Gasteiger partial charge in [-0.1, -0.05) is 18.2 Å². The van der Waals surface area contributed by atoms with Crippen LogP contribution in [0.4, 0.5) is 0 Å². The van der Waals surface area contributed by atoms with Gasteiger partial charge in [0.1, 0.15) is 11.5 Å². The quantitative estimate of drug-likeness (QED) is 0.218. The number of hydrogen-bond donors (Lipinski definition) is 3. The topological polar surface area (TPSA) is 115 Å². The molecule has 8 heteroatoms. The fraction of sp³-hybridized carbons (Fsp3) is 0.208. The highest BCUT2D eigenvalue weighted by atomic mass is 16.5. The standard InChI is InChI=1S/C24H25N5O3/c1-15-21(12-16-6-3-4-7-18(16)29-15)32-20-8-10-27-19-14-23(22(30-2)13-17(19)20)31-11-5-9-28-24(25)26/h3-4,6-8,10,12-14H,5,9,11H2,1-2H3,(H4,25,26,28). The van der Waals surface area contributed by atoms with Crippen LogP contribution in [0.25, 0.3) is 21.8 Å². The second-order valence-corrected chi connectivity index (χ2v) is 7.24. The molecule has 0 saturated carbocycles. The number of aromatic nitrogens is 2. The zero-order valence-corrected chi connectivity index (χ0v) is 18.0. The first-order valence-electron chi connectivity index (χ1n) is 10.3. The lowest BCUT2D eigenvalue weighted by molar-refractivity contribution is 0.290. The van der Waals surface area contributed by atoms with Crippen molar-refractivity contribution in [1.29, 1.82) is 5.41 Å². The van der Waals surface area contributed by atoms with Gasteiger partial charge in [-0.3, -0.25) is 10.4 Å². The number of nitrogens with zero attached hydrogens (tertiary/aromatic N) is 2. The summed E-state index contributed by atoms with van der Waals surface area (Å²) in [5.74, 6) is 2.47. The Balaban J connectivity index is 1.61. The van der Waals surface area contributed by atoms with Crippen LogP contribution in [0.1, 0.15) is 12.1 Å². The molecule has 2 aromatic heterocycles. The van der Waals surface area contributed by atoms with E-state index < -0.39 is 0 Å². The molecule has 0 bridgehead atoms. The predicted octanol–water partition coefficient (Wildman–Crippen LogP) is 4.14. The van der Waals surface area contributed by atoms with Crippen LogP contribution in [0.2, 0.25) is 0 Å². The van der Waals surface area contributed by atoms with Crippen LogP contribution in [0.15, 0.2) is 54.7 Å². The Hall–Kier alpha value is -4.07. The lowest BCUT2D eigenvalue weighted by Crippen LogP contribution is -2.31. The maximum absolute atomic E-state index is 7.18. The van der Waals surface area contributed by atoms with Gasteiger partial charge in [0.05, 0.1) is 30.4 Å². The van der Waals surface area contributed by atoms with E-state index in [1.807, 2.05) is 55.5 Å². The van der Waals surface area contributed by atoms with Crippen molar-refractivity contribution in [2.75, 3.05) is 20.3 Å². The largest absolute Gasteiger partial charge is 0.493 e. The van der Waals surface area contributed by atoms with Gasteiger partial charge in [0, 0.05) is 29.6 Å². The Labute approximate surface area is 185 Å². The summed E-state index contributed by atoms with van der Waals surface area (Å²) in [6, 6.07) is 15.5. The summed E-state index contributed by atoms with van der Waals surface area (Å²) in [5.41, 5.74) is 7.75. The minimum Gasteiger partial charge on any atom is -0.493 e. The number of rotatable bonds is 8. The normalized spacial score (nSPS) is 10.8. The minimum atomic E-state index is -0.0538. The molecule has 0 spiro atoms. The average molecular weight is 431 g/mol. The van der Waals surface area contributed by atoms with Crippen molar-refractivity contribution in [2.45, 2.75) is 13.3 Å². The smallest absolute Gasteiger partial charge is 0.185 e. The minimum absolute atomic E-state index is 0.0538. The molecule has 164 valence electrons. The first kappa shape index (κ1) is 21.2. The van der Waals surface area contributed by atoms with E-state index in [-0.39, 0.29) is 5.96 Å². The number of para-hydroxylation sites is 1. The number of benzene rings is 2. The fourth-order valence-corrected chi connectivity index (χ4v) is 3.38. The number of methoxy groups -OCH3 is 1. The average Bonchev–Trinajstić information content (AvgIpc) is 2.78. The van der Waals surface area contributed by atoms with E-state index >= 15 is 0 Å². The molecular formula is C24H25N5O3. The summed E-state index contributed by atoms with van der Waals surface area (Å²) < 4.78 is 17.7. The second kappa shape index (κ2) is 9.38. The van der Waals surface area contributed by atoms with Crippen LogP contribution in [-0.4, -0.2) is 36.2 Å². The van der Waals surface area contributed by atoms with Crippen LogP contribution in [0.3, 0.4) is 0 Å². The first-order valence-corrected chi connectivity index (χ1v) is 10.3. The van der Waals surface area contributed by atoms with Gasteiger partial charge in [-0.15, -0.1) is 0 Å². The summed E-state index contributed by atoms with van der Waals surface area (Å²) in [5, 5.41) is 11.8. The van der Waals surface area contributed by atoms with E-state index in [9.17, 15) is 0 Å².